The van der Waals surface area contributed by atoms with E-state index in [-0.39, 0.29) is 11.7 Å². The number of amides is 1. The molecule has 0 radical (unpaired) electrons. The molecule has 0 atom stereocenters. The molecule has 0 aromatic heterocycles. The number of nitrogens with zero attached hydrogens (tertiary/aromatic N) is 1. The lowest BCUT2D eigenvalue weighted by Crippen LogP contribution is -2.31. The van der Waals surface area contributed by atoms with Crippen molar-refractivity contribution < 1.29 is 9.18 Å². The summed E-state index contributed by atoms with van der Waals surface area (Å²) in [5, 5.41) is 3.04. The number of anilines is 2. The molecule has 0 saturated heterocycles. The van der Waals surface area contributed by atoms with Gasteiger partial charge in [0, 0.05) is 25.0 Å². The summed E-state index contributed by atoms with van der Waals surface area (Å²) in [6, 6.07) is 11.7. The zero-order valence-electron chi connectivity index (χ0n) is 12.5. The lowest BCUT2D eigenvalue weighted by Gasteiger charge is -2.22. The summed E-state index contributed by atoms with van der Waals surface area (Å²) < 4.78 is 13.4. The first-order valence-corrected chi connectivity index (χ1v) is 6.92. The third kappa shape index (κ3) is 3.21. The van der Waals surface area contributed by atoms with E-state index in [0.717, 1.165) is 11.3 Å². The molecule has 2 aromatic rings. The van der Waals surface area contributed by atoms with Gasteiger partial charge in [-0.2, -0.15) is 0 Å². The average Bonchev–Trinajstić information content (AvgIpc) is 2.47. The number of carbonyl (C=O) groups excluding carboxylic acids is 1. The highest BCUT2D eigenvalue weighted by Gasteiger charge is 2.19. The Hall–Kier alpha value is -2.36. The molecule has 0 unspecified atom stereocenters. The Morgan fingerprint density at radius 1 is 1.24 bits per heavy atom. The number of nitrogens with one attached hydrogen (secondary N) is 1. The summed E-state index contributed by atoms with van der Waals surface area (Å²) in [7, 11) is 1.78. The maximum absolute atomic E-state index is 13.4. The lowest BCUT2D eigenvalue weighted by atomic mass is 10.1. The first-order valence-electron chi connectivity index (χ1n) is 6.92. The van der Waals surface area contributed by atoms with Gasteiger partial charge in [-0.25, -0.2) is 4.39 Å². The van der Waals surface area contributed by atoms with Crippen molar-refractivity contribution in [3.05, 3.63) is 59.4 Å². The second-order valence-electron chi connectivity index (χ2n) is 4.83. The van der Waals surface area contributed by atoms with E-state index in [2.05, 4.69) is 5.32 Å². The minimum atomic E-state index is -0.350. The Labute approximate surface area is 124 Å². The highest BCUT2D eigenvalue weighted by Crippen LogP contribution is 2.23. The molecule has 0 spiro atoms. The van der Waals surface area contributed by atoms with Gasteiger partial charge < -0.3 is 10.2 Å². The van der Waals surface area contributed by atoms with Gasteiger partial charge >= 0.3 is 0 Å². The van der Waals surface area contributed by atoms with Crippen LogP contribution in [0.3, 0.4) is 0 Å². The van der Waals surface area contributed by atoms with Crippen molar-refractivity contribution in [3.63, 3.8) is 0 Å². The molecule has 0 aliphatic rings. The Bertz CT molecular complexity index is 655. The number of aryl methyl sites for hydroxylation is 1. The summed E-state index contributed by atoms with van der Waals surface area (Å²) in [5.41, 5.74) is 2.99. The van der Waals surface area contributed by atoms with Gasteiger partial charge in [0.05, 0.1) is 5.56 Å². The third-order valence-corrected chi connectivity index (χ3v) is 3.36. The van der Waals surface area contributed by atoms with Crippen molar-refractivity contribution in [2.24, 2.45) is 0 Å². The fourth-order valence-electron chi connectivity index (χ4n) is 2.28. The fourth-order valence-corrected chi connectivity index (χ4v) is 2.28. The highest BCUT2D eigenvalue weighted by atomic mass is 19.1. The van der Waals surface area contributed by atoms with E-state index >= 15 is 0 Å². The Morgan fingerprint density at radius 3 is 2.62 bits per heavy atom. The normalized spacial score (nSPS) is 10.3. The van der Waals surface area contributed by atoms with Gasteiger partial charge in [-0.15, -0.1) is 0 Å². The third-order valence-electron chi connectivity index (χ3n) is 3.36. The van der Waals surface area contributed by atoms with Crippen molar-refractivity contribution in [2.75, 3.05) is 23.8 Å². The molecule has 2 aromatic carbocycles. The smallest absolute Gasteiger partial charge is 0.260 e. The van der Waals surface area contributed by atoms with Crippen molar-refractivity contribution in [1.82, 2.24) is 0 Å². The topological polar surface area (TPSA) is 32.3 Å². The molecule has 0 heterocycles. The van der Waals surface area contributed by atoms with Crippen LogP contribution in [0.2, 0.25) is 0 Å². The van der Waals surface area contributed by atoms with Crippen molar-refractivity contribution in [2.45, 2.75) is 13.8 Å². The van der Waals surface area contributed by atoms with Gasteiger partial charge in [0.15, 0.2) is 0 Å². The van der Waals surface area contributed by atoms with Crippen LogP contribution in [0.25, 0.3) is 0 Å². The number of hydrogen-bond donors (Lipinski definition) is 1. The molecule has 0 fully saturated rings. The van der Waals surface area contributed by atoms with Crippen LogP contribution in [-0.2, 0) is 0 Å². The van der Waals surface area contributed by atoms with Crippen LogP contribution in [0.15, 0.2) is 42.5 Å². The summed E-state index contributed by atoms with van der Waals surface area (Å²) in [5.74, 6) is -0.496. The molecule has 1 amide bonds. The summed E-state index contributed by atoms with van der Waals surface area (Å²) in [6.07, 6.45) is 0. The van der Waals surface area contributed by atoms with Crippen LogP contribution in [-0.4, -0.2) is 19.5 Å². The lowest BCUT2D eigenvalue weighted by molar-refractivity contribution is 0.0989. The van der Waals surface area contributed by atoms with E-state index in [0.29, 0.717) is 17.8 Å². The predicted octanol–water partition coefficient (Wildman–Crippen LogP) is 3.84. The summed E-state index contributed by atoms with van der Waals surface area (Å²) in [6.45, 7) is 4.31. The first kappa shape index (κ1) is 15.0. The maximum atomic E-state index is 13.4. The van der Waals surface area contributed by atoms with Gasteiger partial charge in [-0.3, -0.25) is 4.79 Å². The SMILES string of the molecule is CCN(C(=O)c1ccc(C)cc1NC)c1cccc(F)c1. The monoisotopic (exact) mass is 286 g/mol. The zero-order valence-corrected chi connectivity index (χ0v) is 12.5. The highest BCUT2D eigenvalue weighted by molar-refractivity contribution is 6.09. The number of halogens is 1. The minimum absolute atomic E-state index is 0.146. The van der Waals surface area contributed by atoms with Crippen LogP contribution in [0.4, 0.5) is 15.8 Å². The van der Waals surface area contributed by atoms with Gasteiger partial charge in [0.1, 0.15) is 5.82 Å². The minimum Gasteiger partial charge on any atom is -0.387 e. The molecule has 4 heteroatoms. The van der Waals surface area contributed by atoms with Gasteiger partial charge in [-0.1, -0.05) is 12.1 Å². The Balaban J connectivity index is 2.41. The molecule has 21 heavy (non-hydrogen) atoms. The Morgan fingerprint density at radius 2 is 2.00 bits per heavy atom. The van der Waals surface area contributed by atoms with Crippen LogP contribution in [0, 0.1) is 12.7 Å². The molecule has 110 valence electrons. The quantitative estimate of drug-likeness (QED) is 0.926. The van der Waals surface area contributed by atoms with Crippen molar-refractivity contribution in [3.8, 4) is 0 Å². The van der Waals surface area contributed by atoms with Crippen LogP contribution >= 0.6 is 0 Å². The predicted molar refractivity (Wildman–Crippen MR) is 84.5 cm³/mol. The van der Waals surface area contributed by atoms with Gasteiger partial charge in [0.25, 0.3) is 5.91 Å². The second kappa shape index (κ2) is 6.39. The van der Waals surface area contributed by atoms with E-state index < -0.39 is 0 Å². The van der Waals surface area contributed by atoms with Crippen LogP contribution in [0.1, 0.15) is 22.8 Å². The fraction of sp³-hybridized carbons (Fsp3) is 0.235. The number of benzene rings is 2. The summed E-state index contributed by atoms with van der Waals surface area (Å²) in [4.78, 5) is 14.3. The number of carbonyl (C=O) groups is 1. The molecule has 0 aliphatic heterocycles. The van der Waals surface area contributed by atoms with Crippen LogP contribution in [0.5, 0.6) is 0 Å². The molecule has 3 nitrogen and oxygen atoms in total. The molecule has 1 N–H and O–H groups in total. The van der Waals surface area contributed by atoms with Crippen LogP contribution < -0.4 is 10.2 Å². The van der Waals surface area contributed by atoms with E-state index in [1.54, 1.807) is 30.1 Å². The zero-order chi connectivity index (χ0) is 15.4. The molecule has 0 saturated carbocycles. The molecular formula is C17H19FN2O. The molecular weight excluding hydrogens is 267 g/mol. The maximum Gasteiger partial charge on any atom is 0.260 e. The van der Waals surface area contributed by atoms with E-state index in [1.165, 1.54) is 12.1 Å². The van der Waals surface area contributed by atoms with E-state index in [9.17, 15) is 9.18 Å². The first-order chi connectivity index (χ1) is 10.1. The number of rotatable bonds is 4. The van der Waals surface area contributed by atoms with E-state index in [1.807, 2.05) is 26.0 Å². The van der Waals surface area contributed by atoms with Gasteiger partial charge in [-0.05, 0) is 49.7 Å². The Kier molecular flexibility index (Phi) is 4.58. The van der Waals surface area contributed by atoms with E-state index in [4.69, 9.17) is 0 Å². The van der Waals surface area contributed by atoms with Crippen molar-refractivity contribution in [1.29, 1.82) is 0 Å². The molecule has 0 aliphatic carbocycles. The average molecular weight is 286 g/mol. The standard InChI is InChI=1S/C17H19FN2O/c1-4-20(14-7-5-6-13(18)11-14)17(21)15-9-8-12(2)10-16(15)19-3/h5-11,19H,4H2,1-3H3. The number of hydrogen-bond acceptors (Lipinski definition) is 2. The summed E-state index contributed by atoms with van der Waals surface area (Å²) >= 11 is 0. The van der Waals surface area contributed by atoms with Crippen molar-refractivity contribution >= 4 is 17.3 Å². The molecule has 2 rings (SSSR count). The second-order valence-corrected chi connectivity index (χ2v) is 4.83. The van der Waals surface area contributed by atoms with Gasteiger partial charge in [0.2, 0.25) is 0 Å². The molecule has 0 bridgehead atoms. The largest absolute Gasteiger partial charge is 0.387 e.